The van der Waals surface area contributed by atoms with E-state index in [0.29, 0.717) is 0 Å². The van der Waals surface area contributed by atoms with Crippen LogP contribution < -0.4 is 0 Å². The van der Waals surface area contributed by atoms with E-state index in [1.165, 1.54) is 81.0 Å². The van der Waals surface area contributed by atoms with Gasteiger partial charge < -0.3 is 4.40 Å². The van der Waals surface area contributed by atoms with Crippen molar-refractivity contribution in [3.05, 3.63) is 170 Å². The van der Waals surface area contributed by atoms with E-state index >= 15 is 0 Å². The van der Waals surface area contributed by atoms with Gasteiger partial charge in [0.1, 0.15) is 0 Å². The third-order valence-electron chi connectivity index (χ3n) is 11.6. The van der Waals surface area contributed by atoms with E-state index in [4.69, 9.17) is 9.97 Å². The molecule has 5 aromatic heterocycles. The van der Waals surface area contributed by atoms with Gasteiger partial charge in [0.25, 0.3) is 0 Å². The highest BCUT2D eigenvalue weighted by Gasteiger charge is 2.27. The standard InChI is InChI=1S/C50H28N4S/c1-2-12-29(13-3-1)30-22-24-31(25-23-30)49-51-45-36-18-8-11-21-43(36)55-48(45)50(52-49)54-41-20-10-7-17-35(41)38-28-37-34-16-6-9-19-40(34)53-42-27-33-15-5-4-14-32(33)26-39(42)44(46(37)53)47(38)54/h1-28H. The van der Waals surface area contributed by atoms with Gasteiger partial charge in [-0.2, -0.15) is 0 Å². The lowest BCUT2D eigenvalue weighted by Gasteiger charge is -2.12. The molecule has 0 amide bonds. The number of hydrogen-bond donors (Lipinski definition) is 0. The van der Waals surface area contributed by atoms with Crippen LogP contribution in [0.4, 0.5) is 0 Å². The summed E-state index contributed by atoms with van der Waals surface area (Å²) in [6.07, 6.45) is 0. The van der Waals surface area contributed by atoms with Gasteiger partial charge >= 0.3 is 0 Å². The Balaban J connectivity index is 1.21. The zero-order valence-electron chi connectivity index (χ0n) is 29.4. The van der Waals surface area contributed by atoms with E-state index < -0.39 is 0 Å². The predicted molar refractivity (Wildman–Crippen MR) is 232 cm³/mol. The number of rotatable bonds is 3. The van der Waals surface area contributed by atoms with Gasteiger partial charge in [0.15, 0.2) is 11.6 Å². The van der Waals surface area contributed by atoms with Crippen molar-refractivity contribution in [3.8, 4) is 28.3 Å². The Morgan fingerprint density at radius 2 is 1.04 bits per heavy atom. The second-order valence-corrected chi connectivity index (χ2v) is 15.6. The van der Waals surface area contributed by atoms with Gasteiger partial charge in [-0.15, -0.1) is 11.3 Å². The molecule has 0 saturated heterocycles. The fraction of sp³-hybridized carbons (Fsp3) is 0. The van der Waals surface area contributed by atoms with Crippen LogP contribution in [0, 0.1) is 0 Å². The lowest BCUT2D eigenvalue weighted by molar-refractivity contribution is 1.08. The summed E-state index contributed by atoms with van der Waals surface area (Å²) in [5, 5.41) is 11.1. The first-order valence-electron chi connectivity index (χ1n) is 18.7. The van der Waals surface area contributed by atoms with E-state index in [9.17, 15) is 0 Å². The molecule has 0 fully saturated rings. The van der Waals surface area contributed by atoms with Crippen molar-refractivity contribution in [2.75, 3.05) is 0 Å². The van der Waals surface area contributed by atoms with Crippen molar-refractivity contribution in [2.24, 2.45) is 0 Å². The summed E-state index contributed by atoms with van der Waals surface area (Å²) in [4.78, 5) is 10.9. The quantitative estimate of drug-likeness (QED) is 0.182. The molecule has 55 heavy (non-hydrogen) atoms. The number of benzene rings is 8. The number of para-hydroxylation sites is 2. The van der Waals surface area contributed by atoms with Crippen LogP contribution in [0.25, 0.3) is 119 Å². The third kappa shape index (κ3) is 3.94. The molecule has 13 aromatic rings. The second kappa shape index (κ2) is 10.8. The summed E-state index contributed by atoms with van der Waals surface area (Å²) in [5.74, 6) is 1.63. The highest BCUT2D eigenvalue weighted by molar-refractivity contribution is 7.26. The lowest BCUT2D eigenvalue weighted by atomic mass is 10.0. The smallest absolute Gasteiger partial charge is 0.162 e. The van der Waals surface area contributed by atoms with Gasteiger partial charge in [-0.05, 0) is 58.3 Å². The van der Waals surface area contributed by atoms with Crippen LogP contribution in [-0.2, 0) is 0 Å². The second-order valence-electron chi connectivity index (χ2n) is 14.6. The summed E-state index contributed by atoms with van der Waals surface area (Å²) in [7, 11) is 0. The van der Waals surface area contributed by atoms with Crippen LogP contribution in [0.15, 0.2) is 170 Å². The molecular formula is C50H28N4S. The molecule has 0 aliphatic carbocycles. The zero-order chi connectivity index (χ0) is 35.8. The van der Waals surface area contributed by atoms with Crippen molar-refractivity contribution in [2.45, 2.75) is 0 Å². The summed E-state index contributed by atoms with van der Waals surface area (Å²) in [6, 6.07) is 61.5. The molecule has 0 saturated carbocycles. The molecule has 0 spiro atoms. The van der Waals surface area contributed by atoms with Crippen LogP contribution in [-0.4, -0.2) is 18.9 Å². The van der Waals surface area contributed by atoms with Crippen LogP contribution in [0.2, 0.25) is 0 Å². The zero-order valence-corrected chi connectivity index (χ0v) is 30.2. The SMILES string of the molecule is c1ccc(-c2ccc(-c3nc(-n4c5ccccc5c5cc6c7ccccc7n7c8cc9ccccc9cc8c(c54)c67)c4sc5ccccc5c4n3)cc2)cc1. The van der Waals surface area contributed by atoms with Crippen LogP contribution in [0.1, 0.15) is 0 Å². The Hall–Kier alpha value is -7.08. The van der Waals surface area contributed by atoms with E-state index in [0.717, 1.165) is 38.3 Å². The van der Waals surface area contributed by atoms with E-state index in [1.54, 1.807) is 11.3 Å². The number of nitrogens with zero attached hydrogens (tertiary/aromatic N) is 4. The maximum absolute atomic E-state index is 5.59. The van der Waals surface area contributed by atoms with E-state index in [-0.39, 0.29) is 0 Å². The lowest BCUT2D eigenvalue weighted by Crippen LogP contribution is -2.01. The molecule has 0 unspecified atom stereocenters. The third-order valence-corrected chi connectivity index (χ3v) is 12.8. The van der Waals surface area contributed by atoms with Crippen LogP contribution in [0.5, 0.6) is 0 Å². The first-order chi connectivity index (χ1) is 27.3. The Kier molecular flexibility index (Phi) is 5.74. The van der Waals surface area contributed by atoms with Gasteiger partial charge in [-0.25, -0.2) is 9.97 Å². The number of aromatic nitrogens is 4. The molecule has 4 nitrogen and oxygen atoms in total. The van der Waals surface area contributed by atoms with Crippen molar-refractivity contribution in [3.63, 3.8) is 0 Å². The van der Waals surface area contributed by atoms with Gasteiger partial charge in [0.2, 0.25) is 0 Å². The Morgan fingerprint density at radius 3 is 1.85 bits per heavy atom. The normalized spacial score (nSPS) is 12.4. The molecule has 8 aromatic carbocycles. The molecule has 0 aliphatic rings. The first kappa shape index (κ1) is 29.4. The van der Waals surface area contributed by atoms with Gasteiger partial charge in [0.05, 0.1) is 37.8 Å². The van der Waals surface area contributed by atoms with Crippen molar-refractivity contribution in [1.82, 2.24) is 18.9 Å². The fourth-order valence-corrected chi connectivity index (χ4v) is 10.3. The summed E-state index contributed by atoms with van der Waals surface area (Å²) >= 11 is 1.78. The average Bonchev–Trinajstić information content (AvgIpc) is 3.98. The number of thiophene rings is 1. The van der Waals surface area contributed by atoms with Crippen molar-refractivity contribution in [1.29, 1.82) is 0 Å². The molecule has 0 radical (unpaired) electrons. The predicted octanol–water partition coefficient (Wildman–Crippen LogP) is 13.6. The topological polar surface area (TPSA) is 35.1 Å². The fourth-order valence-electron chi connectivity index (χ4n) is 9.21. The first-order valence-corrected chi connectivity index (χ1v) is 19.5. The maximum Gasteiger partial charge on any atom is 0.162 e. The van der Waals surface area contributed by atoms with Crippen LogP contribution in [0.3, 0.4) is 0 Å². The monoisotopic (exact) mass is 716 g/mol. The molecule has 0 bridgehead atoms. The molecule has 0 atom stereocenters. The molecule has 5 heteroatoms. The minimum Gasteiger partial charge on any atom is -0.308 e. The van der Waals surface area contributed by atoms with E-state index in [2.05, 4.69) is 179 Å². The molecule has 5 heterocycles. The van der Waals surface area contributed by atoms with Gasteiger partial charge in [-0.1, -0.05) is 133 Å². The average molecular weight is 717 g/mol. The molecular weight excluding hydrogens is 689 g/mol. The largest absolute Gasteiger partial charge is 0.308 e. The summed E-state index contributed by atoms with van der Waals surface area (Å²) in [6.45, 7) is 0. The van der Waals surface area contributed by atoms with E-state index in [1.807, 2.05) is 0 Å². The minimum absolute atomic E-state index is 0.717. The Labute approximate surface area is 318 Å². The van der Waals surface area contributed by atoms with Crippen molar-refractivity contribution < 1.29 is 0 Å². The maximum atomic E-state index is 5.59. The van der Waals surface area contributed by atoms with Crippen molar-refractivity contribution >= 4 is 102 Å². The Bertz CT molecular complexity index is 3700. The number of fused-ring (bicyclic) bond motifs is 14. The van der Waals surface area contributed by atoms with Gasteiger partial charge in [-0.3, -0.25) is 4.57 Å². The molecule has 0 aliphatic heterocycles. The highest BCUT2D eigenvalue weighted by atomic mass is 32.1. The van der Waals surface area contributed by atoms with Crippen LogP contribution >= 0.6 is 11.3 Å². The van der Waals surface area contributed by atoms with Gasteiger partial charge in [0, 0.05) is 48.0 Å². The number of hydrogen-bond acceptors (Lipinski definition) is 3. The molecule has 13 rings (SSSR count). The Morgan fingerprint density at radius 1 is 0.418 bits per heavy atom. The minimum atomic E-state index is 0.717. The summed E-state index contributed by atoms with van der Waals surface area (Å²) < 4.78 is 7.23. The summed E-state index contributed by atoms with van der Waals surface area (Å²) in [5.41, 5.74) is 10.3. The highest BCUT2D eigenvalue weighted by Crippen LogP contribution is 2.48. The molecule has 254 valence electrons. The molecule has 0 N–H and O–H groups in total.